The van der Waals surface area contributed by atoms with Crippen molar-refractivity contribution in [1.29, 1.82) is 0 Å². The summed E-state index contributed by atoms with van der Waals surface area (Å²) in [6, 6.07) is 8.22. The largest absolute Gasteiger partial charge is 0.481 e. The lowest BCUT2D eigenvalue weighted by Gasteiger charge is -2.36. The average molecular weight is 671 g/mol. The van der Waals surface area contributed by atoms with E-state index in [-0.39, 0.29) is 51.3 Å². The zero-order valence-corrected chi connectivity index (χ0v) is 26.8. The van der Waals surface area contributed by atoms with Crippen LogP contribution in [-0.2, 0) is 44.6 Å². The molecule has 2 N–H and O–H groups in total. The van der Waals surface area contributed by atoms with Crippen molar-refractivity contribution in [2.24, 2.45) is 25.9 Å². The Morgan fingerprint density at radius 2 is 1.38 bits per heavy atom. The topological polar surface area (TPSA) is 238 Å². The Morgan fingerprint density at radius 3 is 1.92 bits per heavy atom. The number of likely N-dealkylation sites (tertiary alicyclic amines) is 2. The standard InChI is InChI=1S/C16H19N5O4.C13H19N5O5/c1-20-14(17-18-19-20)13-9-12(15(22)23)7-8-21(13)16(24)25-10-11-5-3-2-4-6-11;1-3-23-11(20)7-10(19)8-4-5-18(13(21)22)9(6-8)12-14-15-16-17(12)2/h2-6,12-13H,7-10H2,1H3,(H,22,23);8-9H,3-7H2,1-2H3,(H,21,22). The molecule has 19 heteroatoms. The number of amides is 2. The van der Waals surface area contributed by atoms with Crippen molar-refractivity contribution < 1.29 is 43.7 Å². The van der Waals surface area contributed by atoms with Crippen molar-refractivity contribution in [2.75, 3.05) is 19.7 Å². The number of carboxylic acids is 1. The molecule has 2 aromatic heterocycles. The highest BCUT2D eigenvalue weighted by Crippen LogP contribution is 2.35. The van der Waals surface area contributed by atoms with Gasteiger partial charge in [0.1, 0.15) is 18.8 Å². The molecule has 19 nitrogen and oxygen atoms in total. The first kappa shape index (κ1) is 35.4. The van der Waals surface area contributed by atoms with Crippen LogP contribution < -0.4 is 0 Å². The second-order valence-electron chi connectivity index (χ2n) is 11.3. The maximum atomic E-state index is 12.5. The van der Waals surface area contributed by atoms with Crippen LogP contribution in [0.3, 0.4) is 0 Å². The number of nitrogens with zero attached hydrogens (tertiary/aromatic N) is 10. The number of hydrogen-bond donors (Lipinski definition) is 2. The summed E-state index contributed by atoms with van der Waals surface area (Å²) in [6.45, 7) is 2.51. The number of aliphatic carboxylic acids is 1. The van der Waals surface area contributed by atoms with E-state index in [4.69, 9.17) is 9.47 Å². The van der Waals surface area contributed by atoms with Gasteiger partial charge in [0.25, 0.3) is 0 Å². The van der Waals surface area contributed by atoms with Gasteiger partial charge in [-0.3, -0.25) is 24.2 Å². The van der Waals surface area contributed by atoms with Crippen LogP contribution in [0.1, 0.15) is 68.3 Å². The number of tetrazole rings is 2. The highest BCUT2D eigenvalue weighted by atomic mass is 16.6. The van der Waals surface area contributed by atoms with E-state index in [1.54, 1.807) is 21.0 Å². The minimum Gasteiger partial charge on any atom is -0.481 e. The lowest BCUT2D eigenvalue weighted by molar-refractivity contribution is -0.147. The molecule has 2 fully saturated rings. The summed E-state index contributed by atoms with van der Waals surface area (Å²) in [4.78, 5) is 61.7. The predicted octanol–water partition coefficient (Wildman–Crippen LogP) is 1.55. The average Bonchev–Trinajstić information content (AvgIpc) is 3.71. The molecule has 258 valence electrons. The third-order valence-corrected chi connectivity index (χ3v) is 8.22. The second kappa shape index (κ2) is 16.4. The fraction of sp³-hybridized carbons (Fsp3) is 0.552. The van der Waals surface area contributed by atoms with E-state index in [0.29, 0.717) is 24.5 Å². The van der Waals surface area contributed by atoms with E-state index in [2.05, 4.69) is 31.1 Å². The summed E-state index contributed by atoms with van der Waals surface area (Å²) in [7, 11) is 3.27. The molecule has 0 aliphatic carbocycles. The molecular formula is C29H38N10O9. The molecule has 0 radical (unpaired) electrons. The molecule has 0 saturated carbocycles. The number of rotatable bonds is 9. The molecule has 4 heterocycles. The lowest BCUT2D eigenvalue weighted by atomic mass is 9.86. The molecule has 4 atom stereocenters. The van der Waals surface area contributed by atoms with Gasteiger partial charge in [-0.25, -0.2) is 19.0 Å². The Kier molecular flexibility index (Phi) is 12.1. The van der Waals surface area contributed by atoms with Crippen LogP contribution in [0.4, 0.5) is 9.59 Å². The third kappa shape index (κ3) is 8.85. The normalized spacial score (nSPS) is 20.6. The van der Waals surface area contributed by atoms with Gasteiger partial charge >= 0.3 is 24.1 Å². The highest BCUT2D eigenvalue weighted by molar-refractivity contribution is 5.97. The van der Waals surface area contributed by atoms with Crippen molar-refractivity contribution in [3.05, 3.63) is 47.5 Å². The summed E-state index contributed by atoms with van der Waals surface area (Å²) in [5.74, 6) is -1.82. The van der Waals surface area contributed by atoms with Gasteiger partial charge in [-0.15, -0.1) is 10.2 Å². The minimum atomic E-state index is -1.09. The molecule has 0 bridgehead atoms. The van der Waals surface area contributed by atoms with Crippen molar-refractivity contribution in [2.45, 2.75) is 57.7 Å². The minimum absolute atomic E-state index is 0.155. The van der Waals surface area contributed by atoms with Crippen LogP contribution >= 0.6 is 0 Å². The number of carbonyl (C=O) groups is 5. The molecule has 2 aliphatic rings. The summed E-state index contributed by atoms with van der Waals surface area (Å²) in [5, 5.41) is 41.0. The van der Waals surface area contributed by atoms with E-state index in [1.807, 2.05) is 30.3 Å². The Bertz CT molecular complexity index is 1580. The lowest BCUT2D eigenvalue weighted by Crippen LogP contribution is -2.43. The molecule has 2 amide bonds. The number of hydrogen-bond acceptors (Lipinski definition) is 13. The molecule has 3 aromatic rings. The number of esters is 1. The quantitative estimate of drug-likeness (QED) is 0.242. The molecular weight excluding hydrogens is 632 g/mol. The van der Waals surface area contributed by atoms with Crippen LogP contribution in [-0.4, -0.2) is 110 Å². The van der Waals surface area contributed by atoms with Crippen LogP contribution in [0, 0.1) is 11.8 Å². The van der Waals surface area contributed by atoms with Crippen molar-refractivity contribution in [1.82, 2.24) is 50.2 Å². The smallest absolute Gasteiger partial charge is 0.410 e. The third-order valence-electron chi connectivity index (χ3n) is 8.22. The second-order valence-corrected chi connectivity index (χ2v) is 11.3. The van der Waals surface area contributed by atoms with Crippen LogP contribution in [0.2, 0.25) is 0 Å². The number of aromatic nitrogens is 8. The summed E-state index contributed by atoms with van der Waals surface area (Å²) < 4.78 is 13.0. The summed E-state index contributed by atoms with van der Waals surface area (Å²) in [6.07, 6.45) is -0.642. The summed E-state index contributed by atoms with van der Waals surface area (Å²) >= 11 is 0. The SMILES string of the molecule is CCOC(=O)CC(=O)C1CCN(C(=O)O)C(c2nnnn2C)C1.Cn1nnnc1C1CC(C(=O)O)CCN1C(=O)OCc1ccccc1. The Labute approximate surface area is 274 Å². The molecule has 2 aliphatic heterocycles. The van der Waals surface area contributed by atoms with Crippen molar-refractivity contribution >= 4 is 29.9 Å². The fourth-order valence-electron chi connectivity index (χ4n) is 5.72. The van der Waals surface area contributed by atoms with Crippen LogP contribution in [0.5, 0.6) is 0 Å². The van der Waals surface area contributed by atoms with E-state index in [1.165, 1.54) is 19.2 Å². The number of piperidine rings is 2. The van der Waals surface area contributed by atoms with Gasteiger partial charge in [-0.05, 0) is 59.0 Å². The molecule has 4 unspecified atom stereocenters. The Hall–Kier alpha value is -5.49. The predicted molar refractivity (Wildman–Crippen MR) is 160 cm³/mol. The molecule has 48 heavy (non-hydrogen) atoms. The van der Waals surface area contributed by atoms with Crippen molar-refractivity contribution in [3.8, 4) is 0 Å². The first-order valence-corrected chi connectivity index (χ1v) is 15.3. The maximum absolute atomic E-state index is 12.5. The van der Waals surface area contributed by atoms with E-state index in [9.17, 15) is 34.2 Å². The number of Topliss-reactive ketones (excluding diaryl/α,β-unsaturated/α-hetero) is 1. The molecule has 2 saturated heterocycles. The number of carboxylic acid groups (broad SMARTS) is 2. The Morgan fingerprint density at radius 1 is 0.812 bits per heavy atom. The monoisotopic (exact) mass is 670 g/mol. The van der Waals surface area contributed by atoms with Gasteiger partial charge in [0, 0.05) is 33.1 Å². The van der Waals surface area contributed by atoms with Gasteiger partial charge in [0.2, 0.25) is 0 Å². The number of aryl methyl sites for hydroxylation is 2. The van der Waals surface area contributed by atoms with Crippen molar-refractivity contribution in [3.63, 3.8) is 0 Å². The van der Waals surface area contributed by atoms with Crippen LogP contribution in [0.25, 0.3) is 0 Å². The number of ether oxygens (including phenoxy) is 2. The van der Waals surface area contributed by atoms with Gasteiger partial charge < -0.3 is 19.7 Å². The Balaban J connectivity index is 0.000000218. The van der Waals surface area contributed by atoms with Gasteiger partial charge in [-0.1, -0.05) is 30.3 Å². The highest BCUT2D eigenvalue weighted by Gasteiger charge is 2.40. The number of benzene rings is 1. The molecule has 1 aromatic carbocycles. The zero-order valence-electron chi connectivity index (χ0n) is 26.8. The number of ketones is 1. The fourth-order valence-corrected chi connectivity index (χ4v) is 5.72. The first-order chi connectivity index (χ1) is 23.0. The summed E-state index contributed by atoms with van der Waals surface area (Å²) in [5.41, 5.74) is 0.883. The van der Waals surface area contributed by atoms with Gasteiger partial charge in [-0.2, -0.15) is 0 Å². The molecule has 5 rings (SSSR count). The molecule has 0 spiro atoms. The van der Waals surface area contributed by atoms with Gasteiger partial charge in [0.05, 0.1) is 24.6 Å². The number of carbonyl (C=O) groups excluding carboxylic acids is 3. The first-order valence-electron chi connectivity index (χ1n) is 15.3. The van der Waals surface area contributed by atoms with E-state index >= 15 is 0 Å². The van der Waals surface area contributed by atoms with E-state index < -0.39 is 48.0 Å². The maximum Gasteiger partial charge on any atom is 0.410 e. The van der Waals surface area contributed by atoms with Crippen LogP contribution in [0.15, 0.2) is 30.3 Å². The van der Waals surface area contributed by atoms with Gasteiger partial charge in [0.15, 0.2) is 11.6 Å². The zero-order chi connectivity index (χ0) is 34.8. The van der Waals surface area contributed by atoms with E-state index in [0.717, 1.165) is 5.56 Å².